The summed E-state index contributed by atoms with van der Waals surface area (Å²) in [7, 11) is 1.96. The van der Waals surface area contributed by atoms with Gasteiger partial charge in [0.2, 0.25) is 0 Å². The van der Waals surface area contributed by atoms with Crippen LogP contribution >= 0.6 is 23.4 Å². The summed E-state index contributed by atoms with van der Waals surface area (Å²) in [6.07, 6.45) is 1.05. The number of rotatable bonds is 4. The van der Waals surface area contributed by atoms with Gasteiger partial charge in [0.25, 0.3) is 0 Å². The number of likely N-dealkylation sites (N-methyl/N-ethyl adjacent to an activating group) is 1. The fraction of sp³-hybridized carbons (Fsp3) is 0.273. The van der Waals surface area contributed by atoms with Crippen LogP contribution in [0.2, 0.25) is 0 Å². The standard InChI is InChI=1S/C11H13NOS2/c1-12-6-5-9-7-8-3-2-4-10(15-13)11(8)14-9/h2-4,7,12-13H,5-6H2,1H3. The summed E-state index contributed by atoms with van der Waals surface area (Å²) >= 11 is 2.60. The number of hydrogen-bond acceptors (Lipinski definition) is 4. The number of benzene rings is 1. The zero-order valence-electron chi connectivity index (χ0n) is 8.49. The second-order valence-electron chi connectivity index (χ2n) is 3.33. The van der Waals surface area contributed by atoms with Gasteiger partial charge < -0.3 is 9.87 Å². The lowest BCUT2D eigenvalue weighted by molar-refractivity contribution is 0.665. The Bertz CT molecular complexity index is 453. The normalized spacial score (nSPS) is 11.1. The Hall–Kier alpha value is -0.550. The van der Waals surface area contributed by atoms with Gasteiger partial charge in [0.15, 0.2) is 0 Å². The van der Waals surface area contributed by atoms with E-state index in [4.69, 9.17) is 4.55 Å². The van der Waals surface area contributed by atoms with Gasteiger partial charge in [-0.1, -0.05) is 12.1 Å². The predicted octanol–water partition coefficient (Wildman–Crippen LogP) is 3.23. The van der Waals surface area contributed by atoms with Crippen molar-refractivity contribution >= 4 is 33.5 Å². The number of hydrogen-bond donors (Lipinski definition) is 2. The van der Waals surface area contributed by atoms with Crippen LogP contribution in [0.3, 0.4) is 0 Å². The second kappa shape index (κ2) is 4.99. The minimum atomic E-state index is 0.830. The Labute approximate surface area is 97.5 Å². The van der Waals surface area contributed by atoms with Crippen molar-refractivity contribution in [2.75, 3.05) is 13.6 Å². The molecule has 0 aliphatic heterocycles. The molecular formula is C11H13NOS2. The molecule has 80 valence electrons. The average molecular weight is 239 g/mol. The fourth-order valence-corrected chi connectivity index (χ4v) is 3.18. The molecule has 1 heterocycles. The highest BCUT2D eigenvalue weighted by Gasteiger charge is 2.05. The van der Waals surface area contributed by atoms with Gasteiger partial charge >= 0.3 is 0 Å². The van der Waals surface area contributed by atoms with Crippen LogP contribution in [0, 0.1) is 0 Å². The number of thiophene rings is 1. The third kappa shape index (κ3) is 2.34. The van der Waals surface area contributed by atoms with Gasteiger partial charge in [-0.25, -0.2) is 0 Å². The lowest BCUT2D eigenvalue weighted by Crippen LogP contribution is -2.09. The SMILES string of the molecule is CNCCc1cc2cccc(SO)c2s1. The van der Waals surface area contributed by atoms with E-state index in [-0.39, 0.29) is 0 Å². The Morgan fingerprint density at radius 2 is 2.33 bits per heavy atom. The Balaban J connectivity index is 2.37. The molecule has 0 fully saturated rings. The number of nitrogens with one attached hydrogen (secondary N) is 1. The van der Waals surface area contributed by atoms with Crippen LogP contribution in [0.1, 0.15) is 4.88 Å². The highest BCUT2D eigenvalue weighted by Crippen LogP contribution is 2.33. The zero-order valence-corrected chi connectivity index (χ0v) is 10.1. The lowest BCUT2D eigenvalue weighted by Gasteiger charge is -1.95. The first-order valence-corrected chi connectivity index (χ1v) is 6.41. The summed E-state index contributed by atoms with van der Waals surface area (Å²) in [5, 5.41) is 4.37. The van der Waals surface area contributed by atoms with Crippen molar-refractivity contribution in [3.8, 4) is 0 Å². The average Bonchev–Trinajstić information content (AvgIpc) is 2.68. The van der Waals surface area contributed by atoms with E-state index < -0.39 is 0 Å². The van der Waals surface area contributed by atoms with Crippen LogP contribution in [0.5, 0.6) is 0 Å². The first-order chi connectivity index (χ1) is 7.35. The van der Waals surface area contributed by atoms with Gasteiger partial charge in [0, 0.05) is 16.9 Å². The maximum atomic E-state index is 9.13. The van der Waals surface area contributed by atoms with E-state index in [2.05, 4.69) is 17.4 Å². The Morgan fingerprint density at radius 3 is 3.07 bits per heavy atom. The minimum absolute atomic E-state index is 0.830. The van der Waals surface area contributed by atoms with Gasteiger partial charge in [-0.15, -0.1) is 11.3 Å². The smallest absolute Gasteiger partial charge is 0.0529 e. The van der Waals surface area contributed by atoms with Crippen molar-refractivity contribution in [2.45, 2.75) is 11.3 Å². The molecule has 0 aliphatic carbocycles. The summed E-state index contributed by atoms with van der Waals surface area (Å²) in [6.45, 7) is 0.994. The molecule has 2 N–H and O–H groups in total. The molecule has 2 rings (SSSR count). The molecule has 0 amide bonds. The van der Waals surface area contributed by atoms with Crippen LogP contribution in [0.15, 0.2) is 29.2 Å². The van der Waals surface area contributed by atoms with E-state index in [1.165, 1.54) is 15.0 Å². The molecule has 2 aromatic rings. The summed E-state index contributed by atoms with van der Waals surface area (Å²) in [6, 6.07) is 8.23. The van der Waals surface area contributed by atoms with E-state index in [0.29, 0.717) is 0 Å². The predicted molar refractivity (Wildman–Crippen MR) is 67.9 cm³/mol. The maximum absolute atomic E-state index is 9.13. The van der Waals surface area contributed by atoms with Crippen molar-refractivity contribution in [3.63, 3.8) is 0 Å². The lowest BCUT2D eigenvalue weighted by atomic mass is 10.2. The van der Waals surface area contributed by atoms with Crippen molar-refractivity contribution in [3.05, 3.63) is 29.1 Å². The van der Waals surface area contributed by atoms with E-state index in [0.717, 1.165) is 29.9 Å². The summed E-state index contributed by atoms with van der Waals surface area (Å²) in [5.74, 6) is 0. The van der Waals surface area contributed by atoms with Crippen LogP contribution < -0.4 is 5.32 Å². The molecule has 0 bridgehead atoms. The molecule has 15 heavy (non-hydrogen) atoms. The second-order valence-corrected chi connectivity index (χ2v) is 5.09. The highest BCUT2D eigenvalue weighted by atomic mass is 32.2. The zero-order chi connectivity index (χ0) is 10.7. The summed E-state index contributed by atoms with van der Waals surface area (Å²) in [4.78, 5) is 2.31. The van der Waals surface area contributed by atoms with Crippen molar-refractivity contribution in [1.29, 1.82) is 0 Å². The van der Waals surface area contributed by atoms with Gasteiger partial charge in [-0.2, -0.15) is 0 Å². The molecule has 0 saturated heterocycles. The van der Waals surface area contributed by atoms with Crippen molar-refractivity contribution in [1.82, 2.24) is 5.32 Å². The maximum Gasteiger partial charge on any atom is 0.0529 e. The van der Waals surface area contributed by atoms with E-state index in [1.54, 1.807) is 11.3 Å². The van der Waals surface area contributed by atoms with Crippen LogP contribution in [-0.2, 0) is 6.42 Å². The molecule has 1 aromatic carbocycles. The topological polar surface area (TPSA) is 32.3 Å². The van der Waals surface area contributed by atoms with Crippen LogP contribution in [0.4, 0.5) is 0 Å². The summed E-state index contributed by atoms with van der Waals surface area (Å²) in [5.41, 5.74) is 0. The largest absolute Gasteiger partial charge is 0.325 e. The third-order valence-corrected chi connectivity index (χ3v) is 4.19. The van der Waals surface area contributed by atoms with Gasteiger partial charge in [-0.3, -0.25) is 0 Å². The van der Waals surface area contributed by atoms with Gasteiger partial charge in [0.1, 0.15) is 0 Å². The first-order valence-electron chi connectivity index (χ1n) is 4.82. The van der Waals surface area contributed by atoms with Gasteiger partial charge in [0.05, 0.1) is 9.60 Å². The Kier molecular flexibility index (Phi) is 3.64. The van der Waals surface area contributed by atoms with Crippen molar-refractivity contribution < 1.29 is 4.55 Å². The number of fused-ring (bicyclic) bond motifs is 1. The van der Waals surface area contributed by atoms with E-state index >= 15 is 0 Å². The molecule has 0 atom stereocenters. The highest BCUT2D eigenvalue weighted by molar-refractivity contribution is 7.94. The molecule has 0 aliphatic rings. The first kappa shape index (κ1) is 11.0. The molecular weight excluding hydrogens is 226 g/mol. The molecule has 0 spiro atoms. The molecule has 0 radical (unpaired) electrons. The van der Waals surface area contributed by atoms with Crippen molar-refractivity contribution in [2.24, 2.45) is 0 Å². The molecule has 2 nitrogen and oxygen atoms in total. The molecule has 0 saturated carbocycles. The third-order valence-electron chi connectivity index (χ3n) is 2.28. The molecule has 4 heteroatoms. The van der Waals surface area contributed by atoms with E-state index in [9.17, 15) is 0 Å². The Morgan fingerprint density at radius 1 is 1.47 bits per heavy atom. The molecule has 1 aromatic heterocycles. The summed E-state index contributed by atoms with van der Waals surface area (Å²) < 4.78 is 10.3. The van der Waals surface area contributed by atoms with Crippen LogP contribution in [-0.4, -0.2) is 18.1 Å². The fourth-order valence-electron chi connectivity index (χ4n) is 1.53. The van der Waals surface area contributed by atoms with Gasteiger partial charge in [-0.05, 0) is 37.5 Å². The monoisotopic (exact) mass is 239 g/mol. The minimum Gasteiger partial charge on any atom is -0.325 e. The van der Waals surface area contributed by atoms with Crippen LogP contribution in [0.25, 0.3) is 10.1 Å². The quantitative estimate of drug-likeness (QED) is 0.803. The molecule has 0 unspecified atom stereocenters. The van der Waals surface area contributed by atoms with E-state index in [1.807, 2.05) is 19.2 Å².